The Balaban J connectivity index is 1.75. The Morgan fingerprint density at radius 2 is 2.06 bits per heavy atom. The summed E-state index contributed by atoms with van der Waals surface area (Å²) < 4.78 is 0. The number of anilines is 1. The number of carbonyl (C=O) groups is 1. The molecule has 3 atom stereocenters. The van der Waals surface area contributed by atoms with Gasteiger partial charge in [0.15, 0.2) is 0 Å². The molecule has 0 aliphatic heterocycles. The van der Waals surface area contributed by atoms with Crippen molar-refractivity contribution in [1.82, 2.24) is 0 Å². The minimum atomic E-state index is 0.180. The van der Waals surface area contributed by atoms with Gasteiger partial charge in [0.05, 0.1) is 0 Å². The van der Waals surface area contributed by atoms with E-state index < -0.39 is 0 Å². The maximum atomic E-state index is 12.3. The minimum absolute atomic E-state index is 0.180. The lowest BCUT2D eigenvalue weighted by Gasteiger charge is -2.18. The van der Waals surface area contributed by atoms with Gasteiger partial charge in [-0.15, -0.1) is 0 Å². The van der Waals surface area contributed by atoms with Crippen molar-refractivity contribution in [2.75, 3.05) is 5.32 Å². The average molecular weight is 241 g/mol. The fraction of sp³-hybridized carbons (Fsp3) is 0.438. The van der Waals surface area contributed by atoms with Crippen LogP contribution in [0, 0.1) is 31.6 Å². The summed E-state index contributed by atoms with van der Waals surface area (Å²) in [6.45, 7) is 4.09. The molecule has 3 unspecified atom stereocenters. The third-order valence-corrected chi connectivity index (χ3v) is 4.27. The molecule has 2 bridgehead atoms. The molecule has 3 rings (SSSR count). The van der Waals surface area contributed by atoms with Gasteiger partial charge in [-0.1, -0.05) is 24.3 Å². The van der Waals surface area contributed by atoms with Crippen LogP contribution in [0.1, 0.15) is 24.0 Å². The molecule has 0 spiro atoms. The van der Waals surface area contributed by atoms with E-state index in [1.165, 1.54) is 12.0 Å². The van der Waals surface area contributed by atoms with Crippen LogP contribution in [0.5, 0.6) is 0 Å². The molecule has 0 aromatic heterocycles. The second kappa shape index (κ2) is 4.27. The smallest absolute Gasteiger partial charge is 0.228 e. The van der Waals surface area contributed by atoms with Crippen molar-refractivity contribution in [2.45, 2.75) is 26.7 Å². The number of benzene rings is 1. The van der Waals surface area contributed by atoms with Crippen LogP contribution in [0.15, 0.2) is 30.4 Å². The minimum Gasteiger partial charge on any atom is -0.326 e. The second-order valence-corrected chi connectivity index (χ2v) is 5.69. The summed E-state index contributed by atoms with van der Waals surface area (Å²) >= 11 is 0. The lowest BCUT2D eigenvalue weighted by Crippen LogP contribution is -2.26. The summed E-state index contributed by atoms with van der Waals surface area (Å²) in [6, 6.07) is 6.19. The van der Waals surface area contributed by atoms with Crippen molar-refractivity contribution < 1.29 is 4.79 Å². The number of fused-ring (bicyclic) bond motifs is 2. The Bertz CT molecular complexity index is 518. The zero-order valence-electron chi connectivity index (χ0n) is 10.9. The van der Waals surface area contributed by atoms with E-state index in [0.29, 0.717) is 11.8 Å². The first-order valence-corrected chi connectivity index (χ1v) is 6.70. The molecule has 1 N–H and O–H groups in total. The monoisotopic (exact) mass is 241 g/mol. The van der Waals surface area contributed by atoms with Crippen molar-refractivity contribution >= 4 is 11.6 Å². The Hall–Kier alpha value is -1.57. The highest BCUT2D eigenvalue weighted by atomic mass is 16.1. The Labute approximate surface area is 108 Å². The Kier molecular flexibility index (Phi) is 2.73. The lowest BCUT2D eigenvalue weighted by molar-refractivity contribution is -0.120. The fourth-order valence-electron chi connectivity index (χ4n) is 3.18. The maximum absolute atomic E-state index is 12.3. The van der Waals surface area contributed by atoms with Gasteiger partial charge < -0.3 is 5.32 Å². The fourth-order valence-corrected chi connectivity index (χ4v) is 3.18. The van der Waals surface area contributed by atoms with Crippen LogP contribution in [-0.4, -0.2) is 5.91 Å². The number of nitrogens with one attached hydrogen (secondary N) is 1. The summed E-state index contributed by atoms with van der Waals surface area (Å²) in [7, 11) is 0. The largest absolute Gasteiger partial charge is 0.326 e. The summed E-state index contributed by atoms with van der Waals surface area (Å²) in [5, 5.41) is 3.10. The van der Waals surface area contributed by atoms with Crippen LogP contribution in [0.4, 0.5) is 5.69 Å². The van der Waals surface area contributed by atoms with E-state index in [1.54, 1.807) is 0 Å². The SMILES string of the molecule is Cc1ccc(C)c(NC(=O)C2CC3C=CC2C3)c1. The highest BCUT2D eigenvalue weighted by molar-refractivity contribution is 5.94. The van der Waals surface area contributed by atoms with Crippen LogP contribution >= 0.6 is 0 Å². The predicted molar refractivity (Wildman–Crippen MR) is 73.4 cm³/mol. The van der Waals surface area contributed by atoms with E-state index in [0.717, 1.165) is 17.7 Å². The van der Waals surface area contributed by atoms with Crippen LogP contribution in [0.2, 0.25) is 0 Å². The van der Waals surface area contributed by atoms with Crippen LogP contribution in [0.3, 0.4) is 0 Å². The molecule has 2 aliphatic rings. The molecule has 1 aromatic carbocycles. The molecule has 2 aliphatic carbocycles. The van der Waals surface area contributed by atoms with Gasteiger partial charge in [-0.2, -0.15) is 0 Å². The number of carbonyl (C=O) groups excluding carboxylic acids is 1. The van der Waals surface area contributed by atoms with Gasteiger partial charge in [-0.25, -0.2) is 0 Å². The van der Waals surface area contributed by atoms with Crippen molar-refractivity contribution in [3.05, 3.63) is 41.5 Å². The van der Waals surface area contributed by atoms with Crippen molar-refractivity contribution in [1.29, 1.82) is 0 Å². The normalized spacial score (nSPS) is 28.7. The van der Waals surface area contributed by atoms with Gasteiger partial charge in [0, 0.05) is 11.6 Å². The van der Waals surface area contributed by atoms with Crippen molar-refractivity contribution in [3.8, 4) is 0 Å². The average Bonchev–Trinajstić information content (AvgIpc) is 2.96. The first-order valence-electron chi connectivity index (χ1n) is 6.70. The molecule has 1 saturated carbocycles. The lowest BCUT2D eigenvalue weighted by atomic mass is 9.92. The van der Waals surface area contributed by atoms with Gasteiger partial charge in [-0.05, 0) is 55.7 Å². The van der Waals surface area contributed by atoms with E-state index in [1.807, 2.05) is 6.92 Å². The topological polar surface area (TPSA) is 29.1 Å². The maximum Gasteiger partial charge on any atom is 0.228 e. The van der Waals surface area contributed by atoms with Gasteiger partial charge in [0.2, 0.25) is 5.91 Å². The van der Waals surface area contributed by atoms with E-state index in [9.17, 15) is 4.79 Å². The zero-order chi connectivity index (χ0) is 12.7. The molecule has 2 nitrogen and oxygen atoms in total. The second-order valence-electron chi connectivity index (χ2n) is 5.69. The third-order valence-electron chi connectivity index (χ3n) is 4.27. The molecule has 1 amide bonds. The molecule has 0 saturated heterocycles. The van der Waals surface area contributed by atoms with Gasteiger partial charge >= 0.3 is 0 Å². The number of hydrogen-bond acceptors (Lipinski definition) is 1. The van der Waals surface area contributed by atoms with Crippen LogP contribution in [0.25, 0.3) is 0 Å². The quantitative estimate of drug-likeness (QED) is 0.789. The van der Waals surface area contributed by atoms with Gasteiger partial charge in [-0.3, -0.25) is 4.79 Å². The standard InChI is InChI=1S/C16H19NO/c1-10-3-4-11(2)15(7-10)17-16(18)14-9-12-5-6-13(14)8-12/h3-7,12-14H,8-9H2,1-2H3,(H,17,18). The third kappa shape index (κ3) is 1.96. The highest BCUT2D eigenvalue weighted by Crippen LogP contribution is 2.43. The molecule has 0 radical (unpaired) electrons. The molecule has 0 heterocycles. The predicted octanol–water partition coefficient (Wildman–Crippen LogP) is 3.45. The molecule has 1 fully saturated rings. The summed E-state index contributed by atoms with van der Waals surface area (Å²) in [4.78, 5) is 12.3. The molecule has 94 valence electrons. The van der Waals surface area contributed by atoms with Crippen molar-refractivity contribution in [2.24, 2.45) is 17.8 Å². The van der Waals surface area contributed by atoms with E-state index in [4.69, 9.17) is 0 Å². The molecule has 2 heteroatoms. The molecular formula is C16H19NO. The molecule has 18 heavy (non-hydrogen) atoms. The number of amides is 1. The first kappa shape index (κ1) is 11.5. The number of allylic oxidation sites excluding steroid dienone is 2. The number of rotatable bonds is 2. The van der Waals surface area contributed by atoms with E-state index >= 15 is 0 Å². The van der Waals surface area contributed by atoms with Crippen LogP contribution in [-0.2, 0) is 4.79 Å². The summed E-state index contributed by atoms with van der Waals surface area (Å²) in [5.41, 5.74) is 3.28. The highest BCUT2D eigenvalue weighted by Gasteiger charge is 2.39. The summed E-state index contributed by atoms with van der Waals surface area (Å²) in [5.74, 6) is 1.49. The zero-order valence-corrected chi connectivity index (χ0v) is 10.9. The molecular weight excluding hydrogens is 222 g/mol. The van der Waals surface area contributed by atoms with Crippen molar-refractivity contribution in [3.63, 3.8) is 0 Å². The van der Waals surface area contributed by atoms with E-state index in [2.05, 4.69) is 42.6 Å². The number of hydrogen-bond donors (Lipinski definition) is 1. The number of aryl methyl sites for hydroxylation is 2. The Morgan fingerprint density at radius 3 is 2.72 bits per heavy atom. The van der Waals surface area contributed by atoms with E-state index in [-0.39, 0.29) is 11.8 Å². The molecule has 1 aromatic rings. The Morgan fingerprint density at radius 1 is 1.22 bits per heavy atom. The van der Waals surface area contributed by atoms with Gasteiger partial charge in [0.1, 0.15) is 0 Å². The van der Waals surface area contributed by atoms with Crippen LogP contribution < -0.4 is 5.32 Å². The summed E-state index contributed by atoms with van der Waals surface area (Å²) in [6.07, 6.45) is 6.69. The first-order chi connectivity index (χ1) is 8.63. The van der Waals surface area contributed by atoms with Gasteiger partial charge in [0.25, 0.3) is 0 Å².